The number of hydrogen-bond acceptors (Lipinski definition) is 4. The van der Waals surface area contributed by atoms with Gasteiger partial charge in [-0.15, -0.1) is 0 Å². The third kappa shape index (κ3) is 4.30. The van der Waals surface area contributed by atoms with Crippen molar-refractivity contribution in [2.75, 3.05) is 0 Å². The molecule has 0 aliphatic rings. The molecule has 0 amide bonds. The van der Waals surface area contributed by atoms with Crippen molar-refractivity contribution in [2.45, 2.75) is 0 Å². The predicted octanol–water partition coefficient (Wildman–Crippen LogP) is 2.61. The summed E-state index contributed by atoms with van der Waals surface area (Å²) in [6, 6.07) is 16.6. The normalized spacial score (nSPS) is 9.05. The van der Waals surface area contributed by atoms with E-state index in [2.05, 4.69) is 9.78 Å². The van der Waals surface area contributed by atoms with Crippen LogP contribution >= 0.6 is 0 Å². The number of rotatable bonds is 2. The molecule has 0 fully saturated rings. The van der Waals surface area contributed by atoms with Crippen LogP contribution in [0.4, 0.5) is 0 Å². The molecule has 0 unspecified atom stereocenters. The van der Waals surface area contributed by atoms with Gasteiger partial charge in [0.1, 0.15) is 0 Å². The van der Waals surface area contributed by atoms with Crippen LogP contribution in [0.3, 0.4) is 0 Å². The molecule has 0 atom stereocenters. The molecule has 2 rings (SSSR count). The maximum absolute atomic E-state index is 11.5. The minimum atomic E-state index is -0.708. The summed E-state index contributed by atoms with van der Waals surface area (Å²) in [5.74, 6) is -1.42. The monoisotopic (exact) mass is 306 g/mol. The van der Waals surface area contributed by atoms with E-state index in [1.165, 1.54) is 0 Å². The largest absolute Gasteiger partial charge is 0.386 e. The zero-order valence-electron chi connectivity index (χ0n) is 10.1. The Kier molecular flexibility index (Phi) is 5.90. The second-order valence-corrected chi connectivity index (χ2v) is 3.47. The standard InChI is InChI=1S/C14H10O4.Zn/c15-13(11-7-3-1-4-8-11)17-18-14(16)12-9-5-2-6-10-12;/h1-10H;. The van der Waals surface area contributed by atoms with Gasteiger partial charge in [-0.05, 0) is 24.3 Å². The average Bonchev–Trinajstić information content (AvgIpc) is 2.46. The van der Waals surface area contributed by atoms with E-state index in [4.69, 9.17) is 0 Å². The predicted molar refractivity (Wildman–Crippen MR) is 63.7 cm³/mol. The van der Waals surface area contributed by atoms with E-state index in [-0.39, 0.29) is 19.5 Å². The van der Waals surface area contributed by atoms with Crippen molar-refractivity contribution >= 4 is 11.9 Å². The summed E-state index contributed by atoms with van der Waals surface area (Å²) in [6.45, 7) is 0. The van der Waals surface area contributed by atoms with Crippen molar-refractivity contribution in [1.82, 2.24) is 0 Å². The minimum Gasteiger partial charge on any atom is -0.242 e. The molecule has 0 spiro atoms. The van der Waals surface area contributed by atoms with Crippen LogP contribution in [-0.4, -0.2) is 11.9 Å². The zero-order valence-corrected chi connectivity index (χ0v) is 13.1. The van der Waals surface area contributed by atoms with Gasteiger partial charge in [0.25, 0.3) is 0 Å². The van der Waals surface area contributed by atoms with Crippen molar-refractivity contribution in [3.8, 4) is 0 Å². The Morgan fingerprint density at radius 1 is 0.632 bits per heavy atom. The van der Waals surface area contributed by atoms with E-state index < -0.39 is 11.9 Å². The second kappa shape index (κ2) is 7.44. The number of carbonyl (C=O) groups is 2. The van der Waals surface area contributed by atoms with Gasteiger partial charge >= 0.3 is 11.9 Å². The Labute approximate surface area is 123 Å². The molecule has 0 bridgehead atoms. The van der Waals surface area contributed by atoms with Crippen molar-refractivity contribution in [1.29, 1.82) is 0 Å². The van der Waals surface area contributed by atoms with Crippen LogP contribution in [0.15, 0.2) is 60.7 Å². The third-order valence-electron chi connectivity index (χ3n) is 2.21. The molecule has 92 valence electrons. The number of carbonyl (C=O) groups excluding carboxylic acids is 2. The molecule has 19 heavy (non-hydrogen) atoms. The van der Waals surface area contributed by atoms with Crippen molar-refractivity contribution in [2.24, 2.45) is 0 Å². The van der Waals surface area contributed by atoms with Crippen LogP contribution in [0.25, 0.3) is 0 Å². The van der Waals surface area contributed by atoms with Gasteiger partial charge in [0.15, 0.2) is 0 Å². The molecule has 0 N–H and O–H groups in total. The van der Waals surface area contributed by atoms with E-state index in [1.807, 2.05) is 0 Å². The molecule has 0 saturated carbocycles. The Bertz CT molecular complexity index is 488. The SMILES string of the molecule is O=C(OOC(=O)c1ccccc1)c1ccccc1.[Zn]. The first-order valence-electron chi connectivity index (χ1n) is 5.30. The van der Waals surface area contributed by atoms with E-state index >= 15 is 0 Å². The van der Waals surface area contributed by atoms with Gasteiger partial charge in [-0.3, -0.25) is 0 Å². The molecule has 0 heterocycles. The van der Waals surface area contributed by atoms with Crippen LogP contribution in [-0.2, 0) is 29.3 Å². The molecule has 4 nitrogen and oxygen atoms in total. The Morgan fingerprint density at radius 3 is 1.26 bits per heavy atom. The fraction of sp³-hybridized carbons (Fsp3) is 0. The first kappa shape index (κ1) is 15.1. The fourth-order valence-corrected chi connectivity index (χ4v) is 1.32. The van der Waals surface area contributed by atoms with Gasteiger partial charge in [0, 0.05) is 19.5 Å². The van der Waals surface area contributed by atoms with Crippen LogP contribution < -0.4 is 0 Å². The summed E-state index contributed by atoms with van der Waals surface area (Å²) in [7, 11) is 0. The zero-order chi connectivity index (χ0) is 12.8. The van der Waals surface area contributed by atoms with Crippen LogP contribution in [0.5, 0.6) is 0 Å². The maximum Gasteiger partial charge on any atom is 0.386 e. The molecular formula is C14H10O4Zn. The summed E-state index contributed by atoms with van der Waals surface area (Å²) < 4.78 is 0. The molecule has 2 aromatic rings. The van der Waals surface area contributed by atoms with Crippen LogP contribution in [0.1, 0.15) is 20.7 Å². The summed E-state index contributed by atoms with van der Waals surface area (Å²) >= 11 is 0. The summed E-state index contributed by atoms with van der Waals surface area (Å²) in [5.41, 5.74) is 0.636. The van der Waals surface area contributed by atoms with Gasteiger partial charge in [0.2, 0.25) is 0 Å². The molecule has 2 aromatic carbocycles. The second-order valence-electron chi connectivity index (χ2n) is 3.47. The topological polar surface area (TPSA) is 52.6 Å². The number of hydrogen-bond donors (Lipinski definition) is 0. The van der Waals surface area contributed by atoms with Gasteiger partial charge < -0.3 is 0 Å². The Hall–Kier alpha value is -2.00. The molecular weight excluding hydrogens is 298 g/mol. The quantitative estimate of drug-likeness (QED) is 0.486. The smallest absolute Gasteiger partial charge is 0.242 e. The summed E-state index contributed by atoms with van der Waals surface area (Å²) in [5, 5.41) is 0. The summed E-state index contributed by atoms with van der Waals surface area (Å²) in [4.78, 5) is 31.9. The molecule has 0 aliphatic carbocycles. The first-order valence-corrected chi connectivity index (χ1v) is 5.30. The number of benzene rings is 2. The van der Waals surface area contributed by atoms with E-state index in [9.17, 15) is 9.59 Å². The van der Waals surface area contributed by atoms with Gasteiger partial charge in [-0.25, -0.2) is 19.4 Å². The maximum atomic E-state index is 11.5. The average molecular weight is 308 g/mol. The minimum absolute atomic E-state index is 0. The van der Waals surface area contributed by atoms with E-state index in [0.717, 1.165) is 0 Å². The van der Waals surface area contributed by atoms with Gasteiger partial charge in [0.05, 0.1) is 11.1 Å². The van der Waals surface area contributed by atoms with Crippen molar-refractivity contribution in [3.63, 3.8) is 0 Å². The molecule has 5 heteroatoms. The van der Waals surface area contributed by atoms with Crippen molar-refractivity contribution in [3.05, 3.63) is 71.8 Å². The molecule has 0 saturated heterocycles. The third-order valence-corrected chi connectivity index (χ3v) is 2.21. The molecule has 0 aromatic heterocycles. The van der Waals surface area contributed by atoms with Crippen molar-refractivity contribution < 1.29 is 38.8 Å². The fourth-order valence-electron chi connectivity index (χ4n) is 1.32. The van der Waals surface area contributed by atoms with E-state index in [0.29, 0.717) is 11.1 Å². The Balaban J connectivity index is 0.00000180. The van der Waals surface area contributed by atoms with Gasteiger partial charge in [-0.2, -0.15) is 0 Å². The van der Waals surface area contributed by atoms with Crippen LogP contribution in [0, 0.1) is 0 Å². The Morgan fingerprint density at radius 2 is 0.947 bits per heavy atom. The first-order chi connectivity index (χ1) is 8.77. The van der Waals surface area contributed by atoms with E-state index in [1.54, 1.807) is 60.7 Å². The molecule has 0 aliphatic heterocycles. The summed E-state index contributed by atoms with van der Waals surface area (Å²) in [6.07, 6.45) is 0. The van der Waals surface area contributed by atoms with Crippen LogP contribution in [0.2, 0.25) is 0 Å². The van der Waals surface area contributed by atoms with Gasteiger partial charge in [-0.1, -0.05) is 36.4 Å². The molecule has 0 radical (unpaired) electrons.